The zero-order chi connectivity index (χ0) is 14.5. The van der Waals surface area contributed by atoms with Gasteiger partial charge in [0.25, 0.3) is 0 Å². The molecule has 1 atom stereocenters. The standard InChI is InChI=1S/C11H19N3O5/c12-11(10(18)19)3-5-14(7-11)6-8(15)13-4-1-2-9(16)17/h1-7,12H2,(H,13,15)(H,16,17)(H,18,19). The molecule has 108 valence electrons. The number of carbonyl (C=O) groups excluding carboxylic acids is 1. The number of hydrogen-bond acceptors (Lipinski definition) is 5. The van der Waals surface area contributed by atoms with E-state index < -0.39 is 17.5 Å². The minimum atomic E-state index is -1.27. The number of amides is 1. The molecule has 1 unspecified atom stereocenters. The van der Waals surface area contributed by atoms with Gasteiger partial charge in [0.1, 0.15) is 5.54 Å². The van der Waals surface area contributed by atoms with Crippen LogP contribution in [0.3, 0.4) is 0 Å². The summed E-state index contributed by atoms with van der Waals surface area (Å²) >= 11 is 0. The van der Waals surface area contributed by atoms with Crippen molar-refractivity contribution < 1.29 is 24.6 Å². The average molecular weight is 273 g/mol. The summed E-state index contributed by atoms with van der Waals surface area (Å²) in [6.07, 6.45) is 0.695. The van der Waals surface area contributed by atoms with Gasteiger partial charge in [0.05, 0.1) is 6.54 Å². The van der Waals surface area contributed by atoms with Gasteiger partial charge in [-0.3, -0.25) is 19.3 Å². The summed E-state index contributed by atoms with van der Waals surface area (Å²) in [5.74, 6) is -2.21. The van der Waals surface area contributed by atoms with E-state index in [4.69, 9.17) is 15.9 Å². The Morgan fingerprint density at radius 3 is 2.53 bits per heavy atom. The van der Waals surface area contributed by atoms with Gasteiger partial charge in [0.15, 0.2) is 0 Å². The maximum absolute atomic E-state index is 11.5. The van der Waals surface area contributed by atoms with Crippen LogP contribution in [-0.4, -0.2) is 64.7 Å². The molecule has 0 spiro atoms. The fourth-order valence-electron chi connectivity index (χ4n) is 1.95. The first kappa shape index (κ1) is 15.4. The number of nitrogens with zero attached hydrogens (tertiary/aromatic N) is 1. The summed E-state index contributed by atoms with van der Waals surface area (Å²) in [7, 11) is 0. The number of likely N-dealkylation sites (tertiary alicyclic amines) is 1. The summed E-state index contributed by atoms with van der Waals surface area (Å²) in [4.78, 5) is 34.4. The minimum absolute atomic E-state index is 0.00885. The van der Waals surface area contributed by atoms with Crippen molar-refractivity contribution in [2.75, 3.05) is 26.2 Å². The Kier molecular flexibility index (Phi) is 5.25. The van der Waals surface area contributed by atoms with Crippen molar-refractivity contribution in [2.24, 2.45) is 5.73 Å². The highest BCUT2D eigenvalue weighted by Crippen LogP contribution is 2.18. The lowest BCUT2D eigenvalue weighted by atomic mass is 10.0. The summed E-state index contributed by atoms with van der Waals surface area (Å²) in [6, 6.07) is 0. The molecule has 19 heavy (non-hydrogen) atoms. The van der Waals surface area contributed by atoms with E-state index in [1.54, 1.807) is 4.90 Å². The van der Waals surface area contributed by atoms with Crippen LogP contribution in [0.5, 0.6) is 0 Å². The van der Waals surface area contributed by atoms with Crippen LogP contribution in [0.2, 0.25) is 0 Å². The number of nitrogens with two attached hydrogens (primary N) is 1. The van der Waals surface area contributed by atoms with E-state index in [1.807, 2.05) is 0 Å². The molecule has 0 aliphatic carbocycles. The Labute approximate surface area is 110 Å². The molecular weight excluding hydrogens is 254 g/mol. The van der Waals surface area contributed by atoms with E-state index >= 15 is 0 Å². The van der Waals surface area contributed by atoms with Crippen LogP contribution >= 0.6 is 0 Å². The maximum Gasteiger partial charge on any atom is 0.325 e. The number of nitrogens with one attached hydrogen (secondary N) is 1. The van der Waals surface area contributed by atoms with Crippen LogP contribution in [0.4, 0.5) is 0 Å². The SMILES string of the molecule is NC1(C(=O)O)CCN(CC(=O)NCCCC(=O)O)C1. The molecule has 8 nitrogen and oxygen atoms in total. The van der Waals surface area contributed by atoms with Gasteiger partial charge in [0.2, 0.25) is 5.91 Å². The number of carboxylic acid groups (broad SMARTS) is 2. The van der Waals surface area contributed by atoms with Gasteiger partial charge in [0, 0.05) is 26.1 Å². The van der Waals surface area contributed by atoms with Crippen molar-refractivity contribution in [3.63, 3.8) is 0 Å². The molecule has 1 aliphatic heterocycles. The summed E-state index contributed by atoms with van der Waals surface area (Å²) in [5, 5.41) is 20.0. The Morgan fingerprint density at radius 2 is 2.00 bits per heavy atom. The molecule has 0 bridgehead atoms. The zero-order valence-electron chi connectivity index (χ0n) is 10.6. The second-order valence-corrected chi connectivity index (χ2v) is 4.77. The molecule has 5 N–H and O–H groups in total. The van der Waals surface area contributed by atoms with Crippen molar-refractivity contribution in [2.45, 2.75) is 24.8 Å². The lowest BCUT2D eigenvalue weighted by Crippen LogP contribution is -2.50. The van der Waals surface area contributed by atoms with Crippen molar-refractivity contribution in [1.29, 1.82) is 0 Å². The lowest BCUT2D eigenvalue weighted by Gasteiger charge is -2.19. The Balaban J connectivity index is 2.23. The highest BCUT2D eigenvalue weighted by molar-refractivity contribution is 5.80. The zero-order valence-corrected chi connectivity index (χ0v) is 10.6. The topological polar surface area (TPSA) is 133 Å². The molecule has 8 heteroatoms. The van der Waals surface area contributed by atoms with Crippen LogP contribution < -0.4 is 11.1 Å². The fraction of sp³-hybridized carbons (Fsp3) is 0.727. The Hall–Kier alpha value is -1.67. The molecular formula is C11H19N3O5. The molecule has 0 saturated carbocycles. The molecule has 1 rings (SSSR count). The molecule has 1 aliphatic rings. The Bertz CT molecular complexity index is 373. The lowest BCUT2D eigenvalue weighted by molar-refractivity contribution is -0.143. The summed E-state index contributed by atoms with van der Waals surface area (Å²) < 4.78 is 0. The number of carboxylic acids is 2. The first-order valence-electron chi connectivity index (χ1n) is 6.06. The molecule has 0 aromatic heterocycles. The van der Waals surface area contributed by atoms with Crippen LogP contribution in [0.15, 0.2) is 0 Å². The molecule has 0 aromatic rings. The first-order chi connectivity index (χ1) is 8.83. The van der Waals surface area contributed by atoms with Gasteiger partial charge in [-0.2, -0.15) is 0 Å². The monoisotopic (exact) mass is 273 g/mol. The van der Waals surface area contributed by atoms with Crippen LogP contribution in [0.25, 0.3) is 0 Å². The van der Waals surface area contributed by atoms with Gasteiger partial charge in [-0.15, -0.1) is 0 Å². The highest BCUT2D eigenvalue weighted by Gasteiger charge is 2.41. The number of hydrogen-bond donors (Lipinski definition) is 4. The molecule has 1 saturated heterocycles. The smallest absolute Gasteiger partial charge is 0.325 e. The van der Waals surface area contributed by atoms with E-state index in [1.165, 1.54) is 0 Å². The van der Waals surface area contributed by atoms with Crippen LogP contribution in [-0.2, 0) is 14.4 Å². The van der Waals surface area contributed by atoms with Gasteiger partial charge in [-0.25, -0.2) is 0 Å². The van der Waals surface area contributed by atoms with E-state index in [9.17, 15) is 14.4 Å². The number of carbonyl (C=O) groups is 3. The van der Waals surface area contributed by atoms with Crippen LogP contribution in [0.1, 0.15) is 19.3 Å². The second-order valence-electron chi connectivity index (χ2n) is 4.77. The third-order valence-electron chi connectivity index (χ3n) is 3.06. The van der Waals surface area contributed by atoms with Crippen molar-refractivity contribution in [3.8, 4) is 0 Å². The highest BCUT2D eigenvalue weighted by atomic mass is 16.4. The quantitative estimate of drug-likeness (QED) is 0.413. The normalized spacial score (nSPS) is 23.2. The number of rotatable bonds is 7. The number of aliphatic carboxylic acids is 2. The van der Waals surface area contributed by atoms with E-state index in [-0.39, 0.29) is 25.4 Å². The summed E-state index contributed by atoms with van der Waals surface area (Å²) in [6.45, 7) is 0.987. The molecule has 0 aromatic carbocycles. The maximum atomic E-state index is 11.5. The Morgan fingerprint density at radius 1 is 1.32 bits per heavy atom. The summed E-state index contributed by atoms with van der Waals surface area (Å²) in [5.41, 5.74) is 4.41. The second kappa shape index (κ2) is 6.48. The fourth-order valence-corrected chi connectivity index (χ4v) is 1.95. The van der Waals surface area contributed by atoms with E-state index in [0.29, 0.717) is 25.9 Å². The third kappa shape index (κ3) is 4.84. The van der Waals surface area contributed by atoms with Crippen LogP contribution in [0, 0.1) is 0 Å². The van der Waals surface area contributed by atoms with E-state index in [0.717, 1.165) is 0 Å². The minimum Gasteiger partial charge on any atom is -0.481 e. The van der Waals surface area contributed by atoms with Crippen molar-refractivity contribution in [1.82, 2.24) is 10.2 Å². The van der Waals surface area contributed by atoms with Gasteiger partial charge >= 0.3 is 11.9 Å². The molecule has 0 radical (unpaired) electrons. The predicted octanol–water partition coefficient (Wildman–Crippen LogP) is -1.54. The van der Waals surface area contributed by atoms with Gasteiger partial charge in [-0.1, -0.05) is 0 Å². The van der Waals surface area contributed by atoms with Crippen molar-refractivity contribution in [3.05, 3.63) is 0 Å². The van der Waals surface area contributed by atoms with Crippen molar-refractivity contribution >= 4 is 17.8 Å². The molecule has 1 heterocycles. The van der Waals surface area contributed by atoms with Gasteiger partial charge < -0.3 is 21.3 Å². The molecule has 1 fully saturated rings. The van der Waals surface area contributed by atoms with Gasteiger partial charge in [-0.05, 0) is 12.8 Å². The van der Waals surface area contributed by atoms with E-state index in [2.05, 4.69) is 5.32 Å². The first-order valence-corrected chi connectivity index (χ1v) is 6.06. The largest absolute Gasteiger partial charge is 0.481 e. The average Bonchev–Trinajstić information content (AvgIpc) is 2.67. The predicted molar refractivity (Wildman–Crippen MR) is 65.5 cm³/mol. The molecule has 1 amide bonds. The third-order valence-corrected chi connectivity index (χ3v) is 3.06.